The van der Waals surface area contributed by atoms with Crippen LogP contribution in [-0.2, 0) is 11.2 Å². The monoisotopic (exact) mass is 182 g/mol. The third-order valence-corrected chi connectivity index (χ3v) is 1.99. The highest BCUT2D eigenvalue weighted by Gasteiger charge is 2.08. The van der Waals surface area contributed by atoms with Gasteiger partial charge in [0.2, 0.25) is 0 Å². The van der Waals surface area contributed by atoms with Gasteiger partial charge in [0.25, 0.3) is 0 Å². The van der Waals surface area contributed by atoms with Crippen molar-refractivity contribution in [2.24, 2.45) is 5.92 Å². The zero-order valence-electron chi connectivity index (χ0n) is 7.69. The Morgan fingerprint density at radius 3 is 3.00 bits per heavy atom. The zero-order chi connectivity index (χ0) is 9.68. The van der Waals surface area contributed by atoms with E-state index in [0.29, 0.717) is 0 Å². The van der Waals surface area contributed by atoms with Crippen LogP contribution < -0.4 is 0 Å². The first-order valence-corrected chi connectivity index (χ1v) is 4.42. The van der Waals surface area contributed by atoms with Gasteiger partial charge in [-0.3, -0.25) is 4.79 Å². The van der Waals surface area contributed by atoms with Gasteiger partial charge in [-0.1, -0.05) is 6.92 Å². The van der Waals surface area contributed by atoms with Gasteiger partial charge in [0, 0.05) is 12.8 Å². The van der Waals surface area contributed by atoms with E-state index in [-0.39, 0.29) is 12.3 Å². The van der Waals surface area contributed by atoms with E-state index in [4.69, 9.17) is 9.52 Å². The third-order valence-electron chi connectivity index (χ3n) is 1.99. The van der Waals surface area contributed by atoms with E-state index in [2.05, 4.69) is 0 Å². The van der Waals surface area contributed by atoms with Crippen LogP contribution in [0.2, 0.25) is 0 Å². The highest BCUT2D eigenvalue weighted by Crippen LogP contribution is 2.12. The fraction of sp³-hybridized carbons (Fsp3) is 0.500. The van der Waals surface area contributed by atoms with Gasteiger partial charge in [0.15, 0.2) is 0 Å². The molecule has 0 saturated carbocycles. The van der Waals surface area contributed by atoms with Gasteiger partial charge < -0.3 is 9.52 Å². The molecule has 13 heavy (non-hydrogen) atoms. The van der Waals surface area contributed by atoms with Crippen molar-refractivity contribution >= 4 is 5.97 Å². The molecule has 1 unspecified atom stereocenters. The first-order valence-electron chi connectivity index (χ1n) is 4.42. The van der Waals surface area contributed by atoms with Gasteiger partial charge in [-0.25, -0.2) is 0 Å². The van der Waals surface area contributed by atoms with Crippen molar-refractivity contribution in [2.75, 3.05) is 0 Å². The van der Waals surface area contributed by atoms with Crippen LogP contribution in [0.5, 0.6) is 0 Å². The lowest BCUT2D eigenvalue weighted by Gasteiger charge is -2.05. The first-order chi connectivity index (χ1) is 6.18. The number of hydrogen-bond donors (Lipinski definition) is 1. The highest BCUT2D eigenvalue weighted by molar-refractivity contribution is 5.66. The second-order valence-electron chi connectivity index (χ2n) is 3.32. The summed E-state index contributed by atoms with van der Waals surface area (Å²) in [5, 5.41) is 8.52. The fourth-order valence-electron chi connectivity index (χ4n) is 1.24. The maximum absolute atomic E-state index is 10.3. The van der Waals surface area contributed by atoms with Crippen molar-refractivity contribution in [3.63, 3.8) is 0 Å². The first kappa shape index (κ1) is 9.84. The molecule has 0 saturated heterocycles. The largest absolute Gasteiger partial charge is 0.481 e. The molecule has 1 aromatic heterocycles. The summed E-state index contributed by atoms with van der Waals surface area (Å²) < 4.78 is 5.14. The van der Waals surface area contributed by atoms with Crippen molar-refractivity contribution in [1.29, 1.82) is 0 Å². The summed E-state index contributed by atoms with van der Waals surface area (Å²) in [6.45, 7) is 1.94. The van der Waals surface area contributed by atoms with Crippen molar-refractivity contribution in [2.45, 2.75) is 26.2 Å². The molecular formula is C10H14O3. The zero-order valence-corrected chi connectivity index (χ0v) is 7.69. The van der Waals surface area contributed by atoms with Crippen molar-refractivity contribution in [1.82, 2.24) is 0 Å². The highest BCUT2D eigenvalue weighted by atomic mass is 16.4. The molecule has 0 aliphatic carbocycles. The minimum absolute atomic E-state index is 0.211. The van der Waals surface area contributed by atoms with E-state index < -0.39 is 5.97 Å². The summed E-state index contributed by atoms with van der Waals surface area (Å²) in [6, 6.07) is 3.75. The van der Waals surface area contributed by atoms with Crippen LogP contribution in [0.3, 0.4) is 0 Å². The number of hydrogen-bond acceptors (Lipinski definition) is 2. The molecule has 1 rings (SSSR count). The van der Waals surface area contributed by atoms with E-state index in [0.717, 1.165) is 18.6 Å². The van der Waals surface area contributed by atoms with Crippen LogP contribution in [0.4, 0.5) is 0 Å². The quantitative estimate of drug-likeness (QED) is 0.760. The molecule has 0 spiro atoms. The standard InChI is InChI=1S/C10H14O3/c1-8(7-10(11)12)4-5-9-3-2-6-13-9/h2-3,6,8H,4-5,7H2,1H3,(H,11,12). The molecule has 0 aliphatic rings. The van der Waals surface area contributed by atoms with E-state index in [9.17, 15) is 4.79 Å². The molecule has 1 heterocycles. The number of carboxylic acids is 1. The van der Waals surface area contributed by atoms with Crippen LogP contribution in [0.25, 0.3) is 0 Å². The topological polar surface area (TPSA) is 50.4 Å². The minimum atomic E-state index is -0.730. The molecule has 1 N–H and O–H groups in total. The molecule has 0 fully saturated rings. The molecule has 0 radical (unpaired) electrons. The second-order valence-corrected chi connectivity index (χ2v) is 3.32. The molecule has 0 aliphatic heterocycles. The summed E-state index contributed by atoms with van der Waals surface area (Å²) in [5.41, 5.74) is 0. The van der Waals surface area contributed by atoms with Crippen molar-refractivity contribution < 1.29 is 14.3 Å². The Labute approximate surface area is 77.4 Å². The minimum Gasteiger partial charge on any atom is -0.481 e. The average molecular weight is 182 g/mol. The average Bonchev–Trinajstić information content (AvgIpc) is 2.51. The lowest BCUT2D eigenvalue weighted by Crippen LogP contribution is -2.04. The summed E-state index contributed by atoms with van der Waals surface area (Å²) in [4.78, 5) is 10.3. The van der Waals surface area contributed by atoms with Gasteiger partial charge in [-0.05, 0) is 24.5 Å². The summed E-state index contributed by atoms with van der Waals surface area (Å²) in [5.74, 6) is 0.409. The van der Waals surface area contributed by atoms with E-state index >= 15 is 0 Å². The number of aliphatic carboxylic acids is 1. The van der Waals surface area contributed by atoms with Crippen LogP contribution in [0.15, 0.2) is 22.8 Å². The van der Waals surface area contributed by atoms with Crippen molar-refractivity contribution in [3.05, 3.63) is 24.2 Å². The molecule has 0 aromatic carbocycles. The summed E-state index contributed by atoms with van der Waals surface area (Å²) in [6.07, 6.45) is 3.55. The number of rotatable bonds is 5. The third kappa shape index (κ3) is 3.78. The van der Waals surface area contributed by atoms with Crippen LogP contribution >= 0.6 is 0 Å². The maximum atomic E-state index is 10.3. The van der Waals surface area contributed by atoms with Crippen LogP contribution in [0, 0.1) is 5.92 Å². The Morgan fingerprint density at radius 1 is 1.69 bits per heavy atom. The number of furan rings is 1. The lowest BCUT2D eigenvalue weighted by molar-refractivity contribution is -0.138. The fourth-order valence-corrected chi connectivity index (χ4v) is 1.24. The van der Waals surface area contributed by atoms with E-state index in [1.54, 1.807) is 6.26 Å². The van der Waals surface area contributed by atoms with Gasteiger partial charge in [0.1, 0.15) is 5.76 Å². The Hall–Kier alpha value is -1.25. The Morgan fingerprint density at radius 2 is 2.46 bits per heavy atom. The molecule has 0 amide bonds. The number of carbonyl (C=O) groups is 1. The van der Waals surface area contributed by atoms with Gasteiger partial charge in [-0.2, -0.15) is 0 Å². The number of carboxylic acid groups (broad SMARTS) is 1. The molecule has 3 heteroatoms. The Balaban J connectivity index is 2.22. The van der Waals surface area contributed by atoms with Gasteiger partial charge in [-0.15, -0.1) is 0 Å². The predicted molar refractivity (Wildman–Crippen MR) is 48.4 cm³/mol. The Kier molecular flexibility index (Phi) is 3.55. The second kappa shape index (κ2) is 4.70. The molecule has 3 nitrogen and oxygen atoms in total. The van der Waals surface area contributed by atoms with Gasteiger partial charge >= 0.3 is 5.97 Å². The van der Waals surface area contributed by atoms with Crippen LogP contribution in [-0.4, -0.2) is 11.1 Å². The van der Waals surface area contributed by atoms with Gasteiger partial charge in [0.05, 0.1) is 6.26 Å². The Bertz CT molecular complexity index is 251. The molecular weight excluding hydrogens is 168 g/mol. The van der Waals surface area contributed by atoms with Crippen molar-refractivity contribution in [3.8, 4) is 0 Å². The summed E-state index contributed by atoms with van der Waals surface area (Å²) in [7, 11) is 0. The molecule has 0 bridgehead atoms. The van der Waals surface area contributed by atoms with Crippen LogP contribution in [0.1, 0.15) is 25.5 Å². The smallest absolute Gasteiger partial charge is 0.303 e. The summed E-state index contributed by atoms with van der Waals surface area (Å²) >= 11 is 0. The predicted octanol–water partition coefficient (Wildman–Crippen LogP) is 2.32. The normalized spacial score (nSPS) is 12.7. The van der Waals surface area contributed by atoms with E-state index in [1.165, 1.54) is 0 Å². The number of aryl methyl sites for hydroxylation is 1. The molecule has 1 aromatic rings. The molecule has 1 atom stereocenters. The lowest BCUT2D eigenvalue weighted by atomic mass is 10.0. The maximum Gasteiger partial charge on any atom is 0.303 e. The SMILES string of the molecule is CC(CCc1ccco1)CC(=O)O. The van der Waals surface area contributed by atoms with E-state index in [1.807, 2.05) is 19.1 Å². The molecule has 72 valence electrons.